The Morgan fingerprint density at radius 1 is 1.17 bits per heavy atom. The second-order valence-electron chi connectivity index (χ2n) is 7.06. The Kier molecular flexibility index (Phi) is 9.76. The van der Waals surface area contributed by atoms with Gasteiger partial charge in [0.15, 0.2) is 0 Å². The molecule has 155 valence electrons. The zero-order chi connectivity index (χ0) is 21.9. The predicted octanol–water partition coefficient (Wildman–Crippen LogP) is 6.92. The van der Waals surface area contributed by atoms with Crippen molar-refractivity contribution in [1.82, 2.24) is 5.32 Å². The van der Waals surface area contributed by atoms with Gasteiger partial charge in [0, 0.05) is 22.9 Å². The molecule has 2 N–H and O–H groups in total. The molecule has 2 aromatic carbocycles. The first-order valence-electron chi connectivity index (χ1n) is 10.5. The average Bonchev–Trinajstić information content (AvgIpc) is 2.75. The summed E-state index contributed by atoms with van der Waals surface area (Å²) in [7, 11) is 1.97. The molecule has 0 unspecified atom stereocenters. The van der Waals surface area contributed by atoms with Crippen LogP contribution in [0.5, 0.6) is 0 Å². The fourth-order valence-electron chi connectivity index (χ4n) is 3.49. The maximum Gasteiger partial charge on any atom is 0.138 e. The molecule has 1 radical (unpaired) electrons. The van der Waals surface area contributed by atoms with E-state index in [9.17, 15) is 0 Å². The van der Waals surface area contributed by atoms with Crippen LogP contribution in [0.25, 0.3) is 11.1 Å². The van der Waals surface area contributed by atoms with E-state index in [1.807, 2.05) is 38.0 Å². The van der Waals surface area contributed by atoms with Gasteiger partial charge in [0.25, 0.3) is 0 Å². The summed E-state index contributed by atoms with van der Waals surface area (Å²) in [4.78, 5) is 1.28. The summed E-state index contributed by atoms with van der Waals surface area (Å²) in [6.07, 6.45) is 7.31. The van der Waals surface area contributed by atoms with Gasteiger partial charge in [-0.15, -0.1) is 17.7 Å². The molecule has 2 nitrogen and oxygen atoms in total. The van der Waals surface area contributed by atoms with Crippen LogP contribution in [0.15, 0.2) is 66.2 Å². The molecular formula is C26H32BN2S. The summed E-state index contributed by atoms with van der Waals surface area (Å²) < 4.78 is 0. The van der Waals surface area contributed by atoms with Crippen molar-refractivity contribution in [3.8, 4) is 0 Å². The van der Waals surface area contributed by atoms with Crippen molar-refractivity contribution in [2.45, 2.75) is 45.3 Å². The maximum atomic E-state index is 7.81. The third kappa shape index (κ3) is 6.02. The van der Waals surface area contributed by atoms with Crippen molar-refractivity contribution in [3.63, 3.8) is 0 Å². The van der Waals surface area contributed by atoms with E-state index in [1.165, 1.54) is 33.4 Å². The molecule has 30 heavy (non-hydrogen) atoms. The highest BCUT2D eigenvalue weighted by Crippen LogP contribution is 2.33. The van der Waals surface area contributed by atoms with Gasteiger partial charge in [-0.2, -0.15) is 0 Å². The highest BCUT2D eigenvalue weighted by atomic mass is 32.2. The van der Waals surface area contributed by atoms with Crippen molar-refractivity contribution < 1.29 is 0 Å². The second-order valence-corrected chi connectivity index (χ2v) is 8.40. The number of nitrogens with one attached hydrogen (secondary N) is 2. The molecule has 2 rings (SSSR count). The second kappa shape index (κ2) is 12.3. The minimum Gasteiger partial charge on any atom is -0.368 e. The highest BCUT2D eigenvalue weighted by Gasteiger charge is 2.15. The summed E-state index contributed by atoms with van der Waals surface area (Å²) in [5.74, 6) is 3.03. The van der Waals surface area contributed by atoms with E-state index in [2.05, 4.69) is 69.1 Å². The lowest BCUT2D eigenvalue weighted by atomic mass is 9.79. The zero-order valence-electron chi connectivity index (χ0n) is 18.6. The van der Waals surface area contributed by atoms with E-state index < -0.39 is 0 Å². The Morgan fingerprint density at radius 2 is 1.97 bits per heavy atom. The number of benzene rings is 2. The predicted molar refractivity (Wildman–Crippen MR) is 137 cm³/mol. The van der Waals surface area contributed by atoms with Crippen LogP contribution in [-0.4, -0.2) is 19.2 Å². The number of hydrogen-bond acceptors (Lipinski definition) is 3. The first-order chi connectivity index (χ1) is 14.6. The summed E-state index contributed by atoms with van der Waals surface area (Å²) in [6.45, 7) is 12.4. The number of hydrogen-bond donors (Lipinski definition) is 2. The third-order valence-electron chi connectivity index (χ3n) is 4.91. The molecule has 2 aromatic rings. The Labute approximate surface area is 187 Å². The Hall–Kier alpha value is -2.46. The SMILES string of the molecule is C=CN/C=C(\c1cc(/C(C=N)=C/[B]C)ccc1C)c1cc(SCC)ccc1CCC. The summed E-state index contributed by atoms with van der Waals surface area (Å²) in [5, 5.41) is 11.0. The van der Waals surface area contributed by atoms with Crippen LogP contribution in [0.1, 0.15) is 48.1 Å². The van der Waals surface area contributed by atoms with Crippen molar-refractivity contribution in [1.29, 1.82) is 5.41 Å². The fraction of sp³-hybridized carbons (Fsp3) is 0.269. The van der Waals surface area contributed by atoms with Crippen LogP contribution in [-0.2, 0) is 6.42 Å². The third-order valence-corrected chi connectivity index (χ3v) is 5.79. The van der Waals surface area contributed by atoms with Gasteiger partial charge < -0.3 is 10.7 Å². The van der Waals surface area contributed by atoms with E-state index in [4.69, 9.17) is 5.41 Å². The molecular weight excluding hydrogens is 383 g/mol. The largest absolute Gasteiger partial charge is 0.368 e. The molecule has 0 aromatic heterocycles. The van der Waals surface area contributed by atoms with Crippen molar-refractivity contribution in [3.05, 3.63) is 89.2 Å². The Bertz CT molecular complexity index is 944. The average molecular weight is 415 g/mol. The molecule has 0 heterocycles. The molecule has 0 aliphatic heterocycles. The number of allylic oxidation sites excluding steroid dienone is 1. The first-order valence-corrected chi connectivity index (χ1v) is 11.5. The minimum atomic E-state index is 0.902. The van der Waals surface area contributed by atoms with Crippen molar-refractivity contribution in [2.75, 3.05) is 5.75 Å². The van der Waals surface area contributed by atoms with Gasteiger partial charge in [-0.05, 0) is 76.9 Å². The van der Waals surface area contributed by atoms with Gasteiger partial charge in [0.05, 0.1) is 0 Å². The smallest absolute Gasteiger partial charge is 0.138 e. The molecule has 0 aliphatic rings. The van der Waals surface area contributed by atoms with Crippen LogP contribution >= 0.6 is 11.8 Å². The molecule has 0 bridgehead atoms. The molecule has 0 saturated carbocycles. The normalized spacial score (nSPS) is 11.9. The lowest BCUT2D eigenvalue weighted by Crippen LogP contribution is -2.03. The van der Waals surface area contributed by atoms with E-state index in [1.54, 1.807) is 6.20 Å². The van der Waals surface area contributed by atoms with E-state index in [-0.39, 0.29) is 0 Å². The van der Waals surface area contributed by atoms with Gasteiger partial charge in [-0.3, -0.25) is 0 Å². The molecule has 4 heteroatoms. The zero-order valence-corrected chi connectivity index (χ0v) is 19.4. The summed E-state index contributed by atoms with van der Waals surface area (Å²) >= 11 is 1.86. The maximum absolute atomic E-state index is 7.81. The molecule has 0 fully saturated rings. The summed E-state index contributed by atoms with van der Waals surface area (Å²) in [6, 6.07) is 13.2. The molecule has 0 amide bonds. The topological polar surface area (TPSA) is 35.9 Å². The Morgan fingerprint density at radius 3 is 2.60 bits per heavy atom. The fourth-order valence-corrected chi connectivity index (χ4v) is 4.19. The van der Waals surface area contributed by atoms with Crippen LogP contribution in [0.3, 0.4) is 0 Å². The number of rotatable bonds is 11. The molecule has 0 atom stereocenters. The van der Waals surface area contributed by atoms with Crippen LogP contribution in [0.4, 0.5) is 0 Å². The molecule has 0 saturated heterocycles. The highest BCUT2D eigenvalue weighted by molar-refractivity contribution is 7.99. The lowest BCUT2D eigenvalue weighted by molar-refractivity contribution is 0.916. The number of thioether (sulfide) groups is 1. The van der Waals surface area contributed by atoms with Gasteiger partial charge in [0.2, 0.25) is 0 Å². The minimum absolute atomic E-state index is 0.902. The number of aryl methyl sites for hydroxylation is 2. The van der Waals surface area contributed by atoms with Crippen molar-refractivity contribution >= 4 is 36.4 Å². The monoisotopic (exact) mass is 415 g/mol. The van der Waals surface area contributed by atoms with E-state index in [0.717, 1.165) is 35.3 Å². The van der Waals surface area contributed by atoms with E-state index in [0.29, 0.717) is 0 Å². The first kappa shape index (κ1) is 23.8. The quantitative estimate of drug-likeness (QED) is 0.237. The van der Waals surface area contributed by atoms with Gasteiger partial charge in [0.1, 0.15) is 7.28 Å². The van der Waals surface area contributed by atoms with Gasteiger partial charge in [-0.25, -0.2) is 0 Å². The van der Waals surface area contributed by atoms with Crippen LogP contribution in [0.2, 0.25) is 6.82 Å². The summed E-state index contributed by atoms with van der Waals surface area (Å²) in [5.41, 5.74) is 8.08. The van der Waals surface area contributed by atoms with Crippen LogP contribution < -0.4 is 5.32 Å². The molecule has 0 spiro atoms. The Balaban J connectivity index is 2.73. The van der Waals surface area contributed by atoms with Gasteiger partial charge >= 0.3 is 0 Å². The molecule has 0 aliphatic carbocycles. The van der Waals surface area contributed by atoms with Crippen LogP contribution in [0, 0.1) is 12.3 Å². The standard InChI is InChI=1S/C26H32BN2S/c1-6-9-20-12-13-23(30-8-3)15-25(20)26(18-29-7-2)24-14-21(11-10-19(24)4)22(17-28)16-27-5/h7,10-18,28-29H,2,6,8-9H2,1,3-5H3/b22-16+,26-18+,28-17?. The van der Waals surface area contributed by atoms with Crippen molar-refractivity contribution in [2.24, 2.45) is 0 Å². The van der Waals surface area contributed by atoms with Gasteiger partial charge in [-0.1, -0.05) is 51.9 Å². The lowest BCUT2D eigenvalue weighted by Gasteiger charge is -2.18. The van der Waals surface area contributed by atoms with E-state index >= 15 is 0 Å².